The first-order valence-corrected chi connectivity index (χ1v) is 10.4. The minimum Gasteiger partial charge on any atom is -0.389 e. The van der Waals surface area contributed by atoms with E-state index in [1.165, 1.54) is 12.8 Å². The Morgan fingerprint density at radius 2 is 1.22 bits per heavy atom. The van der Waals surface area contributed by atoms with E-state index in [9.17, 15) is 9.67 Å². The summed E-state index contributed by atoms with van der Waals surface area (Å²) in [6.45, 7) is 0. The van der Waals surface area contributed by atoms with E-state index in [4.69, 9.17) is 0 Å². The monoisotopic (exact) mass is 328 g/mol. The van der Waals surface area contributed by atoms with Crippen LogP contribution in [-0.2, 0) is 4.57 Å². The Labute approximate surface area is 138 Å². The summed E-state index contributed by atoms with van der Waals surface area (Å²) in [5.41, 5.74) is -0.808. The van der Waals surface area contributed by atoms with Gasteiger partial charge in [-0.15, -0.1) is 0 Å². The molecule has 23 heavy (non-hydrogen) atoms. The van der Waals surface area contributed by atoms with Crippen molar-refractivity contribution in [1.82, 2.24) is 0 Å². The van der Waals surface area contributed by atoms with Crippen molar-refractivity contribution >= 4 is 17.8 Å². The summed E-state index contributed by atoms with van der Waals surface area (Å²) in [7, 11) is -2.83. The molecule has 1 aliphatic carbocycles. The fraction of sp³-hybridized carbons (Fsp3) is 0.400. The minimum atomic E-state index is -2.83. The molecule has 0 atom stereocenters. The van der Waals surface area contributed by atoms with Gasteiger partial charge >= 0.3 is 0 Å². The third-order valence-electron chi connectivity index (χ3n) is 4.90. The Hall–Kier alpha value is -1.37. The number of benzene rings is 2. The normalized spacial score (nSPS) is 18.3. The van der Waals surface area contributed by atoms with Crippen LogP contribution in [0.25, 0.3) is 0 Å². The van der Waals surface area contributed by atoms with Gasteiger partial charge in [-0.1, -0.05) is 86.3 Å². The molecule has 0 aliphatic heterocycles. The average Bonchev–Trinajstić information content (AvgIpc) is 2.81. The Morgan fingerprint density at radius 1 is 0.783 bits per heavy atom. The number of hydrogen-bond acceptors (Lipinski definition) is 2. The van der Waals surface area contributed by atoms with Gasteiger partial charge in [0.2, 0.25) is 0 Å². The highest BCUT2D eigenvalue weighted by atomic mass is 31.2. The zero-order chi connectivity index (χ0) is 16.2. The van der Waals surface area contributed by atoms with Crippen LogP contribution in [0.2, 0.25) is 0 Å². The highest BCUT2D eigenvalue weighted by Crippen LogP contribution is 2.48. The summed E-state index contributed by atoms with van der Waals surface area (Å²) in [4.78, 5) is 0. The Morgan fingerprint density at radius 3 is 1.65 bits per heavy atom. The van der Waals surface area contributed by atoms with E-state index in [2.05, 4.69) is 0 Å². The molecule has 0 unspecified atom stereocenters. The lowest BCUT2D eigenvalue weighted by Crippen LogP contribution is -2.36. The van der Waals surface area contributed by atoms with Gasteiger partial charge in [0.25, 0.3) is 0 Å². The topological polar surface area (TPSA) is 37.3 Å². The average molecular weight is 328 g/mol. The Bertz CT molecular complexity index is 615. The SMILES string of the molecule is O=P(CC1(O)CCCCCC1)(c1ccccc1)c1ccccc1. The van der Waals surface area contributed by atoms with Gasteiger partial charge in [-0.05, 0) is 12.8 Å². The largest absolute Gasteiger partial charge is 0.389 e. The van der Waals surface area contributed by atoms with E-state index in [1.54, 1.807) is 0 Å². The van der Waals surface area contributed by atoms with Gasteiger partial charge in [0.1, 0.15) is 7.14 Å². The fourth-order valence-electron chi connectivity index (χ4n) is 3.63. The molecule has 0 bridgehead atoms. The van der Waals surface area contributed by atoms with Crippen LogP contribution in [-0.4, -0.2) is 16.9 Å². The second-order valence-corrected chi connectivity index (χ2v) is 9.54. The maximum atomic E-state index is 14.0. The molecule has 2 nitrogen and oxygen atoms in total. The summed E-state index contributed by atoms with van der Waals surface area (Å²) in [5.74, 6) is 0. The standard InChI is InChI=1S/C20H25O2P/c21-20(15-9-1-2-10-16-20)17-23(22,18-11-5-3-6-12-18)19-13-7-4-8-14-19/h3-8,11-14,21H,1-2,9-10,15-17H2. The molecule has 0 heterocycles. The highest BCUT2D eigenvalue weighted by Gasteiger charge is 2.38. The van der Waals surface area contributed by atoms with Crippen molar-refractivity contribution in [2.24, 2.45) is 0 Å². The smallest absolute Gasteiger partial charge is 0.146 e. The Kier molecular flexibility index (Phi) is 5.04. The first-order chi connectivity index (χ1) is 11.1. The zero-order valence-electron chi connectivity index (χ0n) is 13.5. The van der Waals surface area contributed by atoms with Gasteiger partial charge in [0.15, 0.2) is 0 Å². The van der Waals surface area contributed by atoms with E-state index in [1.807, 2.05) is 60.7 Å². The van der Waals surface area contributed by atoms with Crippen LogP contribution in [0.1, 0.15) is 38.5 Å². The van der Waals surface area contributed by atoms with Crippen LogP contribution in [0, 0.1) is 0 Å². The van der Waals surface area contributed by atoms with Crippen LogP contribution in [0.15, 0.2) is 60.7 Å². The molecule has 1 fully saturated rings. The Balaban J connectivity index is 2.01. The van der Waals surface area contributed by atoms with Gasteiger partial charge in [-0.2, -0.15) is 0 Å². The third kappa shape index (κ3) is 3.76. The van der Waals surface area contributed by atoms with Gasteiger partial charge < -0.3 is 9.67 Å². The summed E-state index contributed by atoms with van der Waals surface area (Å²) in [6.07, 6.45) is 6.27. The quantitative estimate of drug-likeness (QED) is 0.678. The van der Waals surface area contributed by atoms with Crippen molar-refractivity contribution in [2.45, 2.75) is 44.1 Å². The number of rotatable bonds is 4. The molecular weight excluding hydrogens is 303 g/mol. The summed E-state index contributed by atoms with van der Waals surface area (Å²) < 4.78 is 14.0. The predicted octanol–water partition coefficient (Wildman–Crippen LogP) is 4.09. The summed E-state index contributed by atoms with van der Waals surface area (Å²) >= 11 is 0. The lowest BCUT2D eigenvalue weighted by Gasteiger charge is -2.32. The van der Waals surface area contributed by atoms with Crippen molar-refractivity contribution in [3.63, 3.8) is 0 Å². The van der Waals surface area contributed by atoms with E-state index in [0.29, 0.717) is 6.16 Å². The van der Waals surface area contributed by atoms with E-state index in [0.717, 1.165) is 36.3 Å². The van der Waals surface area contributed by atoms with Crippen molar-refractivity contribution in [1.29, 1.82) is 0 Å². The summed E-state index contributed by atoms with van der Waals surface area (Å²) in [6, 6.07) is 19.4. The molecule has 1 aliphatic rings. The molecule has 2 aromatic rings. The van der Waals surface area contributed by atoms with Crippen LogP contribution in [0.3, 0.4) is 0 Å². The van der Waals surface area contributed by atoms with Gasteiger partial charge in [0.05, 0.1) is 5.60 Å². The molecule has 3 rings (SSSR count). The first-order valence-electron chi connectivity index (χ1n) is 8.55. The molecule has 1 saturated carbocycles. The van der Waals surface area contributed by atoms with Gasteiger partial charge in [0, 0.05) is 16.8 Å². The van der Waals surface area contributed by atoms with Crippen LogP contribution >= 0.6 is 7.14 Å². The molecule has 122 valence electrons. The molecule has 0 aromatic heterocycles. The first kappa shape index (κ1) is 16.5. The molecule has 1 N–H and O–H groups in total. The molecule has 2 aromatic carbocycles. The summed E-state index contributed by atoms with van der Waals surface area (Å²) in [5, 5.41) is 12.8. The highest BCUT2D eigenvalue weighted by molar-refractivity contribution is 7.78. The van der Waals surface area contributed by atoms with Gasteiger partial charge in [-0.25, -0.2) is 0 Å². The van der Waals surface area contributed by atoms with Crippen molar-refractivity contribution in [3.8, 4) is 0 Å². The van der Waals surface area contributed by atoms with E-state index < -0.39 is 12.7 Å². The molecule has 0 spiro atoms. The van der Waals surface area contributed by atoms with E-state index in [-0.39, 0.29) is 0 Å². The second-order valence-electron chi connectivity index (χ2n) is 6.71. The second kappa shape index (κ2) is 7.03. The minimum absolute atomic E-state index is 0.355. The molecule has 3 heteroatoms. The molecule has 0 saturated heterocycles. The van der Waals surface area contributed by atoms with E-state index >= 15 is 0 Å². The van der Waals surface area contributed by atoms with Gasteiger partial charge in [-0.3, -0.25) is 0 Å². The van der Waals surface area contributed by atoms with Crippen LogP contribution in [0.5, 0.6) is 0 Å². The number of aliphatic hydroxyl groups is 1. The maximum absolute atomic E-state index is 14.0. The fourth-order valence-corrected chi connectivity index (χ4v) is 6.74. The maximum Gasteiger partial charge on any atom is 0.146 e. The van der Waals surface area contributed by atoms with Crippen molar-refractivity contribution in [3.05, 3.63) is 60.7 Å². The predicted molar refractivity (Wildman–Crippen MR) is 97.3 cm³/mol. The third-order valence-corrected chi connectivity index (χ3v) is 8.20. The van der Waals surface area contributed by atoms with Crippen molar-refractivity contribution in [2.75, 3.05) is 6.16 Å². The van der Waals surface area contributed by atoms with Crippen molar-refractivity contribution < 1.29 is 9.67 Å². The molecule has 0 amide bonds. The molecule has 0 radical (unpaired) electrons. The van der Waals surface area contributed by atoms with Crippen LogP contribution < -0.4 is 10.6 Å². The zero-order valence-corrected chi connectivity index (χ0v) is 14.4. The number of hydrogen-bond donors (Lipinski definition) is 1. The lowest BCUT2D eigenvalue weighted by molar-refractivity contribution is 0.0477. The lowest BCUT2D eigenvalue weighted by atomic mass is 9.97. The van der Waals surface area contributed by atoms with Crippen LogP contribution in [0.4, 0.5) is 0 Å². The molecular formula is C20H25O2P.